The first kappa shape index (κ1) is 24.6. The summed E-state index contributed by atoms with van der Waals surface area (Å²) in [5, 5.41) is 33.6. The molecule has 174 valence electrons. The number of aromatic hydroxyl groups is 2. The van der Waals surface area contributed by atoms with Crippen molar-refractivity contribution in [1.82, 2.24) is 5.32 Å². The first-order chi connectivity index (χ1) is 14.9. The van der Waals surface area contributed by atoms with Crippen molar-refractivity contribution in [2.75, 3.05) is 24.5 Å². The molecule has 0 saturated carbocycles. The number of phenols is 2. The molecule has 3 rings (SSSR count). The number of sulfonamides is 1. The number of aliphatic hydroxyl groups is 1. The van der Waals surface area contributed by atoms with E-state index < -0.39 is 37.9 Å². The normalized spacial score (nSPS) is 15.9. The van der Waals surface area contributed by atoms with E-state index in [0.717, 1.165) is 6.07 Å². The molecule has 12 heteroatoms. The van der Waals surface area contributed by atoms with Crippen molar-refractivity contribution in [1.29, 1.82) is 0 Å². The second-order valence-corrected chi connectivity index (χ2v) is 10.5. The fourth-order valence-corrected chi connectivity index (χ4v) is 5.46. The number of hydrogen-bond acceptors (Lipinski definition) is 7. The second kappa shape index (κ2) is 9.44. The first-order valence-electron chi connectivity index (χ1n) is 9.55. The lowest BCUT2D eigenvalue weighted by atomic mass is 9.94. The summed E-state index contributed by atoms with van der Waals surface area (Å²) in [4.78, 5) is 12.2. The summed E-state index contributed by atoms with van der Waals surface area (Å²) >= 11 is 8.98. The van der Waals surface area contributed by atoms with Gasteiger partial charge in [0.25, 0.3) is 15.9 Å². The third-order valence-electron chi connectivity index (χ3n) is 5.03. The molecule has 1 heterocycles. The van der Waals surface area contributed by atoms with Gasteiger partial charge in [-0.1, -0.05) is 27.5 Å². The molecule has 0 bridgehead atoms. The number of carbonyl (C=O) groups is 1. The van der Waals surface area contributed by atoms with Crippen molar-refractivity contribution in [2.24, 2.45) is 0 Å². The van der Waals surface area contributed by atoms with Crippen LogP contribution in [-0.2, 0) is 14.8 Å². The van der Waals surface area contributed by atoms with E-state index in [1.165, 1.54) is 18.2 Å². The van der Waals surface area contributed by atoms with Gasteiger partial charge in [-0.2, -0.15) is 0 Å². The standard InChI is InChI=1S/C20H22BrClN2O7S/c1-11-6-13(19(27)23-10-20(28)2-4-31-5-3-20)17(25)15(7-11)24-32(29,30)16-9-12(21)8-14(22)18(16)26/h6-9,24-26,28H,2-5,10H2,1H3,(H,23,27). The number of aryl methyl sites for hydroxylation is 1. The number of ether oxygens (including phenoxy) is 1. The number of benzene rings is 2. The van der Waals surface area contributed by atoms with Crippen molar-refractivity contribution in [3.63, 3.8) is 0 Å². The minimum absolute atomic E-state index is 0.0476. The number of carbonyl (C=O) groups excluding carboxylic acids is 1. The monoisotopic (exact) mass is 548 g/mol. The highest BCUT2D eigenvalue weighted by atomic mass is 79.9. The number of anilines is 1. The van der Waals surface area contributed by atoms with Gasteiger partial charge >= 0.3 is 0 Å². The van der Waals surface area contributed by atoms with Gasteiger partial charge in [-0.15, -0.1) is 0 Å². The fraction of sp³-hybridized carbons (Fsp3) is 0.350. The molecule has 1 aliphatic heterocycles. The van der Waals surface area contributed by atoms with Crippen LogP contribution in [0.25, 0.3) is 0 Å². The van der Waals surface area contributed by atoms with Gasteiger partial charge in [0.2, 0.25) is 0 Å². The summed E-state index contributed by atoms with van der Waals surface area (Å²) in [6.07, 6.45) is 0.716. The van der Waals surface area contributed by atoms with E-state index in [-0.39, 0.29) is 22.8 Å². The Morgan fingerprint density at radius 2 is 1.84 bits per heavy atom. The maximum Gasteiger partial charge on any atom is 0.265 e. The highest BCUT2D eigenvalue weighted by molar-refractivity contribution is 9.10. The summed E-state index contributed by atoms with van der Waals surface area (Å²) in [5.74, 6) is -1.94. The third kappa shape index (κ3) is 5.46. The van der Waals surface area contributed by atoms with E-state index in [9.17, 15) is 28.5 Å². The Morgan fingerprint density at radius 1 is 1.19 bits per heavy atom. The van der Waals surface area contributed by atoms with E-state index in [1.807, 2.05) is 0 Å². The van der Waals surface area contributed by atoms with Crippen LogP contribution in [0.4, 0.5) is 5.69 Å². The smallest absolute Gasteiger partial charge is 0.265 e. The number of hydrogen-bond donors (Lipinski definition) is 5. The predicted octanol–water partition coefficient (Wildman–Crippen LogP) is 2.89. The molecule has 0 aromatic heterocycles. The van der Waals surface area contributed by atoms with Gasteiger partial charge < -0.3 is 25.4 Å². The van der Waals surface area contributed by atoms with E-state index in [0.29, 0.717) is 36.1 Å². The molecule has 5 N–H and O–H groups in total. The van der Waals surface area contributed by atoms with Crippen LogP contribution < -0.4 is 10.0 Å². The van der Waals surface area contributed by atoms with Gasteiger partial charge in [-0.05, 0) is 36.8 Å². The lowest BCUT2D eigenvalue weighted by Crippen LogP contribution is -2.46. The molecule has 0 atom stereocenters. The SMILES string of the molecule is Cc1cc(NS(=O)(=O)c2cc(Br)cc(Cl)c2O)c(O)c(C(=O)NCC2(O)CCOCC2)c1. The molecule has 0 spiro atoms. The van der Waals surface area contributed by atoms with Crippen molar-refractivity contribution >= 4 is 49.1 Å². The lowest BCUT2D eigenvalue weighted by molar-refractivity contribution is -0.0605. The van der Waals surface area contributed by atoms with Crippen LogP contribution in [0, 0.1) is 6.92 Å². The van der Waals surface area contributed by atoms with Crippen LogP contribution in [0.5, 0.6) is 11.5 Å². The Hall–Kier alpha value is -2.05. The Morgan fingerprint density at radius 3 is 2.50 bits per heavy atom. The first-order valence-corrected chi connectivity index (χ1v) is 12.2. The van der Waals surface area contributed by atoms with Gasteiger partial charge in [0.1, 0.15) is 4.90 Å². The number of halogens is 2. The van der Waals surface area contributed by atoms with E-state index >= 15 is 0 Å². The highest BCUT2D eigenvalue weighted by Crippen LogP contribution is 2.37. The lowest BCUT2D eigenvalue weighted by Gasteiger charge is -2.32. The number of nitrogens with one attached hydrogen (secondary N) is 2. The van der Waals surface area contributed by atoms with Crippen LogP contribution in [0.3, 0.4) is 0 Å². The minimum Gasteiger partial charge on any atom is -0.505 e. The fourth-order valence-electron chi connectivity index (χ4n) is 3.24. The Kier molecular flexibility index (Phi) is 7.25. The predicted molar refractivity (Wildman–Crippen MR) is 122 cm³/mol. The van der Waals surface area contributed by atoms with Gasteiger partial charge in [-0.3, -0.25) is 9.52 Å². The molecule has 32 heavy (non-hydrogen) atoms. The summed E-state index contributed by atoms with van der Waals surface area (Å²) in [5.41, 5.74) is -1.05. The zero-order valence-corrected chi connectivity index (χ0v) is 20.1. The summed E-state index contributed by atoms with van der Waals surface area (Å²) in [7, 11) is -4.37. The third-order valence-corrected chi connectivity index (χ3v) is 7.15. The molecule has 1 fully saturated rings. The quantitative estimate of drug-likeness (QED) is 0.348. The maximum atomic E-state index is 12.8. The van der Waals surface area contributed by atoms with E-state index in [4.69, 9.17) is 16.3 Å². The Balaban J connectivity index is 1.87. The summed E-state index contributed by atoms with van der Waals surface area (Å²) in [6.45, 7) is 2.32. The molecule has 0 radical (unpaired) electrons. The van der Waals surface area contributed by atoms with Crippen LogP contribution >= 0.6 is 27.5 Å². The number of phenolic OH excluding ortho intramolecular Hbond substituents is 2. The maximum absolute atomic E-state index is 12.8. The van der Waals surface area contributed by atoms with Crippen molar-refractivity contribution in [3.8, 4) is 11.5 Å². The average Bonchev–Trinajstić information content (AvgIpc) is 2.71. The van der Waals surface area contributed by atoms with Gasteiger partial charge in [0, 0.05) is 37.1 Å². The van der Waals surface area contributed by atoms with Gasteiger partial charge in [0.05, 0.1) is 21.9 Å². The van der Waals surface area contributed by atoms with Crippen molar-refractivity contribution < 1.29 is 33.3 Å². The molecule has 2 aromatic carbocycles. The number of amides is 1. The molecule has 1 saturated heterocycles. The number of rotatable bonds is 6. The Bertz CT molecular complexity index is 1150. The zero-order valence-electron chi connectivity index (χ0n) is 17.0. The van der Waals surface area contributed by atoms with Crippen LogP contribution in [0.1, 0.15) is 28.8 Å². The highest BCUT2D eigenvalue weighted by Gasteiger charge is 2.31. The molecule has 0 aliphatic carbocycles. The van der Waals surface area contributed by atoms with Gasteiger partial charge in [0.15, 0.2) is 11.5 Å². The van der Waals surface area contributed by atoms with Crippen molar-refractivity contribution in [2.45, 2.75) is 30.3 Å². The summed E-state index contributed by atoms with van der Waals surface area (Å²) in [6, 6.07) is 5.21. The molecule has 2 aromatic rings. The molecule has 9 nitrogen and oxygen atoms in total. The second-order valence-electron chi connectivity index (χ2n) is 7.57. The van der Waals surface area contributed by atoms with Crippen LogP contribution in [-0.4, -0.2) is 55.0 Å². The van der Waals surface area contributed by atoms with Crippen molar-refractivity contribution in [3.05, 3.63) is 44.9 Å². The molecule has 1 amide bonds. The Labute approximate surface area is 198 Å². The van der Waals surface area contributed by atoms with Crippen LogP contribution in [0.2, 0.25) is 5.02 Å². The van der Waals surface area contributed by atoms with E-state index in [2.05, 4.69) is 26.0 Å². The topological polar surface area (TPSA) is 145 Å². The molecular formula is C20H22BrClN2O7S. The average molecular weight is 550 g/mol. The largest absolute Gasteiger partial charge is 0.505 e. The molecule has 0 unspecified atom stereocenters. The van der Waals surface area contributed by atoms with Crippen LogP contribution in [0.15, 0.2) is 33.6 Å². The zero-order chi connectivity index (χ0) is 23.7. The molecular weight excluding hydrogens is 528 g/mol. The summed E-state index contributed by atoms with van der Waals surface area (Å²) < 4.78 is 33.4. The molecule has 1 aliphatic rings. The van der Waals surface area contributed by atoms with E-state index in [1.54, 1.807) is 6.92 Å². The minimum atomic E-state index is -4.37. The van der Waals surface area contributed by atoms with Gasteiger partial charge in [-0.25, -0.2) is 8.42 Å².